The van der Waals surface area contributed by atoms with E-state index in [1.807, 2.05) is 13.8 Å². The SMILES string of the molecule is C=C(C)CC(=O)C(C)(N)C1CC1. The first kappa shape index (κ1) is 9.46. The number of nitrogens with two attached hydrogens (primary N) is 1. The maximum Gasteiger partial charge on any atom is 0.156 e. The first-order chi connectivity index (χ1) is 5.44. The smallest absolute Gasteiger partial charge is 0.156 e. The van der Waals surface area contributed by atoms with E-state index >= 15 is 0 Å². The van der Waals surface area contributed by atoms with Crippen LogP contribution >= 0.6 is 0 Å². The third-order valence-corrected chi connectivity index (χ3v) is 2.49. The Labute approximate surface area is 73.8 Å². The molecule has 12 heavy (non-hydrogen) atoms. The van der Waals surface area contributed by atoms with Crippen LogP contribution in [0.4, 0.5) is 0 Å². The van der Waals surface area contributed by atoms with Crippen LogP contribution in [-0.2, 0) is 4.79 Å². The van der Waals surface area contributed by atoms with Crippen molar-refractivity contribution in [3.8, 4) is 0 Å². The summed E-state index contributed by atoms with van der Waals surface area (Å²) in [5.41, 5.74) is 6.23. The lowest BCUT2D eigenvalue weighted by Crippen LogP contribution is -2.47. The summed E-state index contributed by atoms with van der Waals surface area (Å²) in [7, 11) is 0. The highest BCUT2D eigenvalue weighted by molar-refractivity contribution is 5.90. The second kappa shape index (κ2) is 3.02. The summed E-state index contributed by atoms with van der Waals surface area (Å²) in [4.78, 5) is 11.6. The largest absolute Gasteiger partial charge is 0.319 e. The summed E-state index contributed by atoms with van der Waals surface area (Å²) in [6, 6.07) is 0. The topological polar surface area (TPSA) is 43.1 Å². The molecule has 0 radical (unpaired) electrons. The molecular weight excluding hydrogens is 150 g/mol. The highest BCUT2D eigenvalue weighted by atomic mass is 16.1. The molecule has 1 rings (SSSR count). The van der Waals surface area contributed by atoms with Crippen molar-refractivity contribution in [2.24, 2.45) is 11.7 Å². The van der Waals surface area contributed by atoms with Crippen LogP contribution in [-0.4, -0.2) is 11.3 Å². The van der Waals surface area contributed by atoms with E-state index < -0.39 is 5.54 Å². The van der Waals surface area contributed by atoms with Crippen molar-refractivity contribution in [2.45, 2.75) is 38.6 Å². The lowest BCUT2D eigenvalue weighted by atomic mass is 9.88. The van der Waals surface area contributed by atoms with Crippen molar-refractivity contribution in [2.75, 3.05) is 0 Å². The van der Waals surface area contributed by atoms with Crippen LogP contribution in [0.15, 0.2) is 12.2 Å². The molecular formula is C10H17NO. The van der Waals surface area contributed by atoms with Crippen molar-refractivity contribution in [1.29, 1.82) is 0 Å². The maximum atomic E-state index is 11.6. The molecule has 2 nitrogen and oxygen atoms in total. The van der Waals surface area contributed by atoms with Gasteiger partial charge in [-0.15, -0.1) is 0 Å². The van der Waals surface area contributed by atoms with Gasteiger partial charge in [0.15, 0.2) is 5.78 Å². The molecule has 0 spiro atoms. The van der Waals surface area contributed by atoms with Crippen LogP contribution < -0.4 is 5.73 Å². The minimum Gasteiger partial charge on any atom is -0.319 e. The van der Waals surface area contributed by atoms with Gasteiger partial charge in [0, 0.05) is 6.42 Å². The summed E-state index contributed by atoms with van der Waals surface area (Å²) in [6.07, 6.45) is 2.65. The van der Waals surface area contributed by atoms with Gasteiger partial charge in [-0.05, 0) is 32.6 Å². The summed E-state index contributed by atoms with van der Waals surface area (Å²) < 4.78 is 0. The fourth-order valence-corrected chi connectivity index (χ4v) is 1.38. The Balaban J connectivity index is 2.54. The fourth-order valence-electron chi connectivity index (χ4n) is 1.38. The van der Waals surface area contributed by atoms with Crippen molar-refractivity contribution >= 4 is 5.78 Å². The van der Waals surface area contributed by atoms with Crippen LogP contribution in [0.25, 0.3) is 0 Å². The molecule has 0 aromatic carbocycles. The van der Waals surface area contributed by atoms with Gasteiger partial charge in [0.05, 0.1) is 5.54 Å². The minimum absolute atomic E-state index is 0.137. The number of hydrogen-bond donors (Lipinski definition) is 1. The second-order valence-corrected chi connectivity index (χ2v) is 4.11. The summed E-state index contributed by atoms with van der Waals surface area (Å²) in [5.74, 6) is 0.557. The minimum atomic E-state index is -0.598. The molecule has 0 aliphatic heterocycles. The van der Waals surface area contributed by atoms with E-state index in [0.717, 1.165) is 18.4 Å². The molecule has 2 N–H and O–H groups in total. The molecule has 0 amide bonds. The third kappa shape index (κ3) is 1.95. The Kier molecular flexibility index (Phi) is 2.38. The molecule has 0 aromatic rings. The number of ketones is 1. The third-order valence-electron chi connectivity index (χ3n) is 2.49. The van der Waals surface area contributed by atoms with E-state index in [2.05, 4.69) is 6.58 Å². The molecule has 2 heteroatoms. The van der Waals surface area contributed by atoms with Gasteiger partial charge in [-0.25, -0.2) is 0 Å². The average molecular weight is 167 g/mol. The molecule has 1 saturated carbocycles. The van der Waals surface area contributed by atoms with Crippen molar-refractivity contribution in [1.82, 2.24) is 0 Å². The fraction of sp³-hybridized carbons (Fsp3) is 0.700. The van der Waals surface area contributed by atoms with Crippen molar-refractivity contribution < 1.29 is 4.79 Å². The predicted octanol–water partition coefficient (Wildman–Crippen LogP) is 1.65. The molecule has 0 bridgehead atoms. The van der Waals surface area contributed by atoms with Gasteiger partial charge in [0.1, 0.15) is 0 Å². The van der Waals surface area contributed by atoms with Gasteiger partial charge in [-0.2, -0.15) is 0 Å². The van der Waals surface area contributed by atoms with E-state index in [4.69, 9.17) is 5.73 Å². The van der Waals surface area contributed by atoms with Crippen LogP contribution in [0.1, 0.15) is 33.1 Å². The summed E-state index contributed by atoms with van der Waals surface area (Å²) >= 11 is 0. The molecule has 0 saturated heterocycles. The molecule has 0 aromatic heterocycles. The first-order valence-corrected chi connectivity index (χ1v) is 4.41. The number of Topliss-reactive ketones (excluding diaryl/α,β-unsaturated/α-hetero) is 1. The monoisotopic (exact) mass is 167 g/mol. The molecule has 1 atom stereocenters. The molecule has 1 aliphatic rings. The molecule has 1 fully saturated rings. The second-order valence-electron chi connectivity index (χ2n) is 4.11. The van der Waals surface area contributed by atoms with Gasteiger partial charge in [-0.3, -0.25) is 4.79 Å². The standard InChI is InChI=1S/C10H17NO/c1-7(2)6-9(12)10(3,11)8-4-5-8/h8H,1,4-6,11H2,2-3H3. The van der Waals surface area contributed by atoms with Gasteiger partial charge in [0.25, 0.3) is 0 Å². The zero-order valence-electron chi connectivity index (χ0n) is 7.89. The van der Waals surface area contributed by atoms with Gasteiger partial charge in [0.2, 0.25) is 0 Å². The number of hydrogen-bond acceptors (Lipinski definition) is 2. The van der Waals surface area contributed by atoms with Crippen LogP contribution in [0.3, 0.4) is 0 Å². The molecule has 1 unspecified atom stereocenters. The predicted molar refractivity (Wildman–Crippen MR) is 49.8 cm³/mol. The van der Waals surface area contributed by atoms with Gasteiger partial charge < -0.3 is 5.73 Å². The Morgan fingerprint density at radius 3 is 2.50 bits per heavy atom. The zero-order chi connectivity index (χ0) is 9.35. The summed E-state index contributed by atoms with van der Waals surface area (Å²) in [5, 5.41) is 0. The highest BCUT2D eigenvalue weighted by Crippen LogP contribution is 2.39. The molecule has 68 valence electrons. The lowest BCUT2D eigenvalue weighted by Gasteiger charge is -2.22. The molecule has 0 heterocycles. The summed E-state index contributed by atoms with van der Waals surface area (Å²) in [6.45, 7) is 7.42. The van der Waals surface area contributed by atoms with E-state index in [1.54, 1.807) is 0 Å². The van der Waals surface area contributed by atoms with E-state index in [-0.39, 0.29) is 5.78 Å². The van der Waals surface area contributed by atoms with E-state index in [0.29, 0.717) is 12.3 Å². The van der Waals surface area contributed by atoms with Crippen LogP contribution in [0.2, 0.25) is 0 Å². The zero-order valence-corrected chi connectivity index (χ0v) is 7.89. The number of allylic oxidation sites excluding steroid dienone is 1. The van der Waals surface area contributed by atoms with Crippen molar-refractivity contribution in [3.63, 3.8) is 0 Å². The van der Waals surface area contributed by atoms with Crippen molar-refractivity contribution in [3.05, 3.63) is 12.2 Å². The quantitative estimate of drug-likeness (QED) is 0.647. The van der Waals surface area contributed by atoms with E-state index in [9.17, 15) is 4.79 Å². The van der Waals surface area contributed by atoms with Gasteiger partial charge in [-0.1, -0.05) is 12.2 Å². The number of rotatable bonds is 4. The normalized spacial score (nSPS) is 21.6. The maximum absolute atomic E-state index is 11.6. The van der Waals surface area contributed by atoms with Crippen LogP contribution in [0.5, 0.6) is 0 Å². The Morgan fingerprint density at radius 1 is 1.67 bits per heavy atom. The number of carbonyl (C=O) groups excluding carboxylic acids is 1. The first-order valence-electron chi connectivity index (χ1n) is 4.41. The number of carbonyl (C=O) groups is 1. The average Bonchev–Trinajstić information content (AvgIpc) is 2.65. The lowest BCUT2D eigenvalue weighted by molar-refractivity contribution is -0.123. The Morgan fingerprint density at radius 2 is 2.17 bits per heavy atom. The van der Waals surface area contributed by atoms with E-state index in [1.165, 1.54) is 0 Å². The Bertz CT molecular complexity index is 214. The van der Waals surface area contributed by atoms with Gasteiger partial charge >= 0.3 is 0 Å². The highest BCUT2D eigenvalue weighted by Gasteiger charge is 2.43. The Hall–Kier alpha value is -0.630. The van der Waals surface area contributed by atoms with Crippen LogP contribution in [0, 0.1) is 5.92 Å². The molecule has 1 aliphatic carbocycles.